The molecule has 0 saturated carbocycles. The van der Waals surface area contributed by atoms with E-state index in [9.17, 15) is 24.0 Å². The first-order chi connectivity index (χ1) is 23.5. The van der Waals surface area contributed by atoms with Crippen LogP contribution in [0, 0.1) is 5.41 Å². The van der Waals surface area contributed by atoms with Gasteiger partial charge in [0.2, 0.25) is 11.8 Å². The minimum Gasteiger partial charge on any atom is -0.444 e. The number of nitrogens with one attached hydrogen (secondary N) is 2. The predicted octanol–water partition coefficient (Wildman–Crippen LogP) is 2.91. The van der Waals surface area contributed by atoms with Crippen LogP contribution in [-0.2, 0) is 28.5 Å². The quantitative estimate of drug-likeness (QED) is 0.219. The summed E-state index contributed by atoms with van der Waals surface area (Å²) in [5, 5.41) is 5.36. The van der Waals surface area contributed by atoms with Crippen LogP contribution in [0.2, 0.25) is 0 Å². The molecule has 3 fully saturated rings. The van der Waals surface area contributed by atoms with E-state index in [-0.39, 0.29) is 31.5 Å². The Morgan fingerprint density at radius 3 is 2.18 bits per heavy atom. The van der Waals surface area contributed by atoms with Gasteiger partial charge in [0, 0.05) is 39.7 Å². The average molecular weight is 688 g/mol. The van der Waals surface area contributed by atoms with Gasteiger partial charge in [0.15, 0.2) is 0 Å². The Balaban J connectivity index is 0.00000562. The van der Waals surface area contributed by atoms with Crippen molar-refractivity contribution in [1.29, 1.82) is 0 Å². The fourth-order valence-corrected chi connectivity index (χ4v) is 6.90. The van der Waals surface area contributed by atoms with Crippen molar-refractivity contribution >= 4 is 35.4 Å². The number of benzene rings is 1. The third-order valence-corrected chi connectivity index (χ3v) is 9.72. The summed E-state index contributed by atoms with van der Waals surface area (Å²) >= 11 is 0. The number of nitrogens with zero attached hydrogens (tertiary/aromatic N) is 3. The summed E-state index contributed by atoms with van der Waals surface area (Å²) in [6.07, 6.45) is 4.38. The van der Waals surface area contributed by atoms with Gasteiger partial charge in [-0.1, -0.05) is 6.07 Å². The number of anilines is 1. The molecule has 14 heteroatoms. The zero-order valence-electron chi connectivity index (χ0n) is 29.1. The number of carbonyl (C=O) groups is 5. The lowest BCUT2D eigenvalue weighted by atomic mass is 9.71. The van der Waals surface area contributed by atoms with Crippen molar-refractivity contribution in [2.75, 3.05) is 84.2 Å². The summed E-state index contributed by atoms with van der Waals surface area (Å²) in [6.45, 7) is 13.5. The Hall–Kier alpha value is -3.59. The van der Waals surface area contributed by atoms with E-state index in [4.69, 9.17) is 18.9 Å². The Morgan fingerprint density at radius 1 is 0.898 bits per heavy atom. The summed E-state index contributed by atoms with van der Waals surface area (Å²) in [5.74, 6) is -2.13. The molecule has 49 heavy (non-hydrogen) atoms. The van der Waals surface area contributed by atoms with Crippen LogP contribution in [0.3, 0.4) is 0 Å². The largest absolute Gasteiger partial charge is 0.444 e. The smallest absolute Gasteiger partial charge is 0.410 e. The molecule has 4 heterocycles. The fourth-order valence-electron chi connectivity index (χ4n) is 6.90. The normalized spacial score (nSPS) is 21.2. The van der Waals surface area contributed by atoms with E-state index in [1.54, 1.807) is 18.2 Å². The minimum absolute atomic E-state index is 0. The first kappa shape index (κ1) is 36.7. The first-order valence-electron chi connectivity index (χ1n) is 17.5. The molecule has 0 aromatic heterocycles. The summed E-state index contributed by atoms with van der Waals surface area (Å²) in [5.41, 5.74) is 0.822. The van der Waals surface area contributed by atoms with E-state index >= 15 is 0 Å². The van der Waals surface area contributed by atoms with Gasteiger partial charge in [0.25, 0.3) is 11.8 Å². The lowest BCUT2D eigenvalue weighted by Crippen LogP contribution is -2.54. The summed E-state index contributed by atoms with van der Waals surface area (Å²) < 4.78 is 22.6. The van der Waals surface area contributed by atoms with E-state index in [1.807, 2.05) is 25.7 Å². The Bertz CT molecular complexity index is 1370. The molecule has 0 aliphatic carbocycles. The van der Waals surface area contributed by atoms with Crippen LogP contribution in [0.25, 0.3) is 0 Å². The number of piperidine rings is 3. The van der Waals surface area contributed by atoms with E-state index in [2.05, 4.69) is 15.5 Å². The second kappa shape index (κ2) is 16.4. The van der Waals surface area contributed by atoms with Gasteiger partial charge in [0.05, 0.1) is 50.8 Å². The Morgan fingerprint density at radius 2 is 1.53 bits per heavy atom. The fraction of sp³-hybridized carbons (Fsp3) is 0.686. The molecule has 1 atom stereocenters. The average Bonchev–Trinajstić information content (AvgIpc) is 3.31. The zero-order chi connectivity index (χ0) is 35.0. The van der Waals surface area contributed by atoms with Crippen LogP contribution < -0.4 is 10.6 Å². The maximum atomic E-state index is 13.2. The molecule has 0 radical (unpaired) electrons. The van der Waals surface area contributed by atoms with Gasteiger partial charge >= 0.3 is 6.09 Å². The maximum absolute atomic E-state index is 13.2. The predicted molar refractivity (Wildman–Crippen MR) is 181 cm³/mol. The van der Waals surface area contributed by atoms with E-state index in [0.29, 0.717) is 57.3 Å². The number of carbonyl (C=O) groups excluding carboxylic acids is 5. The van der Waals surface area contributed by atoms with Crippen molar-refractivity contribution in [3.05, 3.63) is 29.3 Å². The second-order valence-corrected chi connectivity index (χ2v) is 14.2. The number of hydrogen-bond donors (Lipinski definition) is 2. The third-order valence-electron chi connectivity index (χ3n) is 9.72. The van der Waals surface area contributed by atoms with Crippen LogP contribution in [0.4, 0.5) is 10.5 Å². The van der Waals surface area contributed by atoms with Crippen molar-refractivity contribution in [2.45, 2.75) is 70.9 Å². The van der Waals surface area contributed by atoms with Crippen LogP contribution in [-0.4, -0.2) is 135 Å². The van der Waals surface area contributed by atoms with Crippen molar-refractivity contribution < 1.29 is 44.3 Å². The van der Waals surface area contributed by atoms with Gasteiger partial charge in [-0.25, -0.2) is 4.79 Å². The molecule has 14 nitrogen and oxygen atoms in total. The van der Waals surface area contributed by atoms with E-state index < -0.39 is 35.3 Å². The SMILES string of the molecule is CC(C)(C)OC(=O)N1CCC2(CCN(CCOCCOCCOCCNc3cccc4c3C(=O)N(C3CCC(=O)NC3=O)C4=O)CC2)CC1.[HH]. The standard InChI is InChI=1S/C35H51N5O9.H2/c1-34(2,3)49-33(45)39-16-11-35(12-17-39)9-14-38(15-10-35)18-20-47-22-24-48-23-21-46-19-13-36-26-6-4-5-25-29(26)32(44)40(31(25)43)27-7-8-28(41)37-30(27)42;/h4-6,27,36H,7-24H2,1-3H3,(H,37,41,42);1H. The number of amides is 5. The van der Waals surface area contributed by atoms with E-state index in [1.165, 1.54) is 0 Å². The molecule has 5 amide bonds. The van der Waals surface area contributed by atoms with Crippen molar-refractivity contribution in [1.82, 2.24) is 20.0 Å². The Labute approximate surface area is 289 Å². The van der Waals surface area contributed by atoms with Gasteiger partial charge in [-0.05, 0) is 83.5 Å². The molecule has 272 valence electrons. The molecular formula is C35H53N5O9. The van der Waals surface area contributed by atoms with Crippen LogP contribution in [0.1, 0.15) is 81.4 Å². The molecule has 4 aliphatic rings. The minimum atomic E-state index is -1.00. The molecule has 2 N–H and O–H groups in total. The molecule has 5 rings (SSSR count). The van der Waals surface area contributed by atoms with Gasteiger partial charge in [-0.3, -0.25) is 29.4 Å². The van der Waals surface area contributed by atoms with Crippen molar-refractivity contribution in [3.63, 3.8) is 0 Å². The Kier molecular flexibility index (Phi) is 12.3. The van der Waals surface area contributed by atoms with Gasteiger partial charge < -0.3 is 34.1 Å². The van der Waals surface area contributed by atoms with Gasteiger partial charge in [-0.2, -0.15) is 0 Å². The number of imide groups is 2. The zero-order valence-corrected chi connectivity index (χ0v) is 29.1. The second-order valence-electron chi connectivity index (χ2n) is 14.2. The lowest BCUT2D eigenvalue weighted by molar-refractivity contribution is -0.136. The third kappa shape index (κ3) is 9.56. The van der Waals surface area contributed by atoms with E-state index in [0.717, 1.165) is 63.3 Å². The molecule has 0 bridgehead atoms. The molecule has 1 unspecified atom stereocenters. The van der Waals surface area contributed by atoms with Gasteiger partial charge in [-0.15, -0.1) is 0 Å². The molecule has 3 saturated heterocycles. The highest BCUT2D eigenvalue weighted by Crippen LogP contribution is 2.41. The molecular weight excluding hydrogens is 634 g/mol. The number of rotatable bonds is 14. The highest BCUT2D eigenvalue weighted by Gasteiger charge is 2.45. The number of ether oxygens (including phenoxy) is 4. The maximum Gasteiger partial charge on any atom is 0.410 e. The van der Waals surface area contributed by atoms with Crippen LogP contribution in [0.5, 0.6) is 0 Å². The first-order valence-corrected chi connectivity index (χ1v) is 17.5. The molecule has 1 aromatic carbocycles. The lowest BCUT2D eigenvalue weighted by Gasteiger charge is -2.46. The monoisotopic (exact) mass is 687 g/mol. The summed E-state index contributed by atoms with van der Waals surface area (Å²) in [4.78, 5) is 67.7. The summed E-state index contributed by atoms with van der Waals surface area (Å²) in [7, 11) is 0. The molecule has 1 spiro atoms. The number of hydrogen-bond acceptors (Lipinski definition) is 11. The van der Waals surface area contributed by atoms with Crippen LogP contribution >= 0.6 is 0 Å². The van der Waals surface area contributed by atoms with Crippen molar-refractivity contribution in [2.24, 2.45) is 5.41 Å². The summed E-state index contributed by atoms with van der Waals surface area (Å²) in [6, 6.07) is 3.95. The number of likely N-dealkylation sites (tertiary alicyclic amines) is 2. The van der Waals surface area contributed by atoms with Crippen molar-refractivity contribution in [3.8, 4) is 0 Å². The van der Waals surface area contributed by atoms with Crippen LogP contribution in [0.15, 0.2) is 18.2 Å². The highest BCUT2D eigenvalue weighted by atomic mass is 16.6. The number of fused-ring (bicyclic) bond motifs is 1. The molecule has 1 aromatic rings. The van der Waals surface area contributed by atoms with Gasteiger partial charge in [0.1, 0.15) is 11.6 Å². The molecule has 4 aliphatic heterocycles. The highest BCUT2D eigenvalue weighted by molar-refractivity contribution is 6.25. The topological polar surface area (TPSA) is 156 Å².